The summed E-state index contributed by atoms with van der Waals surface area (Å²) in [7, 11) is 0. The van der Waals surface area contributed by atoms with E-state index in [1.165, 1.54) is 6.42 Å². The van der Waals surface area contributed by atoms with Crippen molar-refractivity contribution >= 4 is 11.9 Å². The van der Waals surface area contributed by atoms with Crippen LogP contribution >= 0.6 is 0 Å². The van der Waals surface area contributed by atoms with Crippen molar-refractivity contribution in [1.82, 2.24) is 5.32 Å². The molecule has 0 spiro atoms. The van der Waals surface area contributed by atoms with Crippen molar-refractivity contribution in [2.24, 2.45) is 0 Å². The second-order valence-electron chi connectivity index (χ2n) is 7.06. The lowest BCUT2D eigenvalue weighted by atomic mass is 9.91. The Bertz CT molecular complexity index is 537. The molecule has 1 aromatic rings. The van der Waals surface area contributed by atoms with Crippen LogP contribution in [-0.2, 0) is 9.53 Å². The van der Waals surface area contributed by atoms with Crippen LogP contribution in [0.5, 0.6) is 0 Å². The minimum atomic E-state index is -0.576. The first kappa shape index (κ1) is 18.5. The van der Waals surface area contributed by atoms with Crippen molar-refractivity contribution in [2.45, 2.75) is 76.9 Å². The zero-order valence-corrected chi connectivity index (χ0v) is 14.8. The zero-order chi connectivity index (χ0) is 17.4. The molecule has 1 atom stereocenters. The van der Waals surface area contributed by atoms with Crippen molar-refractivity contribution in [2.75, 3.05) is 0 Å². The highest BCUT2D eigenvalue weighted by Crippen LogP contribution is 2.23. The minimum Gasteiger partial charge on any atom is -0.462 e. The molecule has 1 N–H and O–H groups in total. The lowest BCUT2D eigenvalue weighted by molar-refractivity contribution is -0.152. The fourth-order valence-electron chi connectivity index (χ4n) is 3.41. The number of hydrogen-bond acceptors (Lipinski definition) is 3. The van der Waals surface area contributed by atoms with Gasteiger partial charge in [0.2, 0.25) is 0 Å². The molecule has 4 nitrogen and oxygen atoms in total. The van der Waals surface area contributed by atoms with Gasteiger partial charge in [-0.1, -0.05) is 38.0 Å². The Balaban J connectivity index is 1.95. The highest BCUT2D eigenvalue weighted by Gasteiger charge is 2.31. The summed E-state index contributed by atoms with van der Waals surface area (Å²) in [6, 6.07) is 9.11. The number of benzene rings is 1. The molecule has 1 aromatic carbocycles. The topological polar surface area (TPSA) is 55.4 Å². The predicted molar refractivity (Wildman–Crippen MR) is 94.8 cm³/mol. The second kappa shape index (κ2) is 8.86. The van der Waals surface area contributed by atoms with Gasteiger partial charge in [0.15, 0.2) is 0 Å². The number of carbonyl (C=O) groups is 2. The fourth-order valence-corrected chi connectivity index (χ4v) is 3.41. The van der Waals surface area contributed by atoms with Crippen LogP contribution in [-0.4, -0.2) is 23.5 Å². The largest absolute Gasteiger partial charge is 0.462 e. The lowest BCUT2D eigenvalue weighted by Gasteiger charge is -2.31. The highest BCUT2D eigenvalue weighted by atomic mass is 16.5. The lowest BCUT2D eigenvalue weighted by Crippen LogP contribution is -2.48. The quantitative estimate of drug-likeness (QED) is 0.760. The molecule has 1 aliphatic rings. The Morgan fingerprint density at radius 1 is 1.17 bits per heavy atom. The van der Waals surface area contributed by atoms with Crippen molar-refractivity contribution in [3.05, 3.63) is 35.9 Å². The number of esters is 1. The normalized spacial score (nSPS) is 17.8. The molecule has 1 aliphatic carbocycles. The molecular weight excluding hydrogens is 302 g/mol. The van der Waals surface area contributed by atoms with Gasteiger partial charge in [0.25, 0.3) is 5.91 Å². The maximum atomic E-state index is 12.4. The second-order valence-corrected chi connectivity index (χ2v) is 7.06. The minimum absolute atomic E-state index is 0.0574. The summed E-state index contributed by atoms with van der Waals surface area (Å²) in [5, 5.41) is 3.04. The van der Waals surface area contributed by atoms with Crippen LogP contribution < -0.4 is 5.32 Å². The molecule has 2 rings (SSSR count). The Labute approximate surface area is 145 Å². The van der Waals surface area contributed by atoms with Gasteiger partial charge in [-0.25, -0.2) is 0 Å². The Morgan fingerprint density at radius 3 is 2.46 bits per heavy atom. The van der Waals surface area contributed by atoms with Gasteiger partial charge in [-0.05, 0) is 51.2 Å². The summed E-state index contributed by atoms with van der Waals surface area (Å²) in [6.07, 6.45) is 7.34. The van der Waals surface area contributed by atoms with E-state index in [9.17, 15) is 9.59 Å². The molecule has 132 valence electrons. The fraction of sp³-hybridized carbons (Fsp3) is 0.600. The Morgan fingerprint density at radius 2 is 1.83 bits per heavy atom. The molecule has 0 saturated heterocycles. The number of hydrogen-bond donors (Lipinski definition) is 1. The molecule has 0 radical (unpaired) electrons. The maximum Gasteiger partial charge on any atom is 0.308 e. The van der Waals surface area contributed by atoms with Crippen LogP contribution in [0.2, 0.25) is 0 Å². The number of ether oxygens (including phenoxy) is 1. The third-order valence-electron chi connectivity index (χ3n) is 4.64. The molecule has 0 aromatic heterocycles. The molecule has 4 heteroatoms. The number of rotatable bonds is 7. The van der Waals surface area contributed by atoms with Gasteiger partial charge in [0, 0.05) is 11.1 Å². The van der Waals surface area contributed by atoms with Crippen LogP contribution in [0.1, 0.15) is 75.6 Å². The molecular formula is C20H29NO3. The first-order valence-electron chi connectivity index (χ1n) is 9.09. The van der Waals surface area contributed by atoms with Crippen LogP contribution in [0.4, 0.5) is 0 Å². The number of amides is 1. The smallest absolute Gasteiger partial charge is 0.308 e. The molecule has 1 fully saturated rings. The predicted octanol–water partition coefficient (Wildman–Crippen LogP) is 4.24. The number of nitrogens with one attached hydrogen (secondary N) is 1. The van der Waals surface area contributed by atoms with Gasteiger partial charge < -0.3 is 10.1 Å². The van der Waals surface area contributed by atoms with Crippen LogP contribution in [0, 0.1) is 0 Å². The molecule has 0 unspecified atom stereocenters. The van der Waals surface area contributed by atoms with Crippen molar-refractivity contribution in [1.29, 1.82) is 0 Å². The molecule has 0 heterocycles. The van der Waals surface area contributed by atoms with Gasteiger partial charge in [0.05, 0.1) is 6.42 Å². The van der Waals surface area contributed by atoms with E-state index >= 15 is 0 Å². The average molecular weight is 331 g/mol. The molecule has 24 heavy (non-hydrogen) atoms. The summed E-state index contributed by atoms with van der Waals surface area (Å²) in [4.78, 5) is 24.8. The third-order valence-corrected chi connectivity index (χ3v) is 4.64. The van der Waals surface area contributed by atoms with Crippen molar-refractivity contribution in [3.63, 3.8) is 0 Å². The Hall–Kier alpha value is -1.84. The molecule has 0 aliphatic heterocycles. The first-order valence-corrected chi connectivity index (χ1v) is 9.09. The average Bonchev–Trinajstić information content (AvgIpc) is 2.56. The molecule has 1 amide bonds. The van der Waals surface area contributed by atoms with E-state index < -0.39 is 5.54 Å². The monoisotopic (exact) mass is 331 g/mol. The standard InChI is InChI=1S/C20H29NO3/c1-3-14-20(2,21-19(23)16-10-6-4-7-11-16)15-18(22)24-17-12-8-5-9-13-17/h4,6-7,10-11,17H,3,5,8-9,12-15H2,1-2H3,(H,21,23)/t20-/m0/s1. The summed E-state index contributed by atoms with van der Waals surface area (Å²) >= 11 is 0. The van der Waals surface area contributed by atoms with Crippen LogP contribution in [0.15, 0.2) is 30.3 Å². The summed E-state index contributed by atoms with van der Waals surface area (Å²) in [6.45, 7) is 3.98. The van der Waals surface area contributed by atoms with Gasteiger partial charge in [-0.3, -0.25) is 9.59 Å². The Kier molecular flexibility index (Phi) is 6.83. The van der Waals surface area contributed by atoms with Crippen molar-refractivity contribution < 1.29 is 14.3 Å². The molecule has 1 saturated carbocycles. The molecule has 0 bridgehead atoms. The van der Waals surface area contributed by atoms with Gasteiger partial charge >= 0.3 is 5.97 Å². The van der Waals surface area contributed by atoms with Gasteiger partial charge in [-0.2, -0.15) is 0 Å². The van der Waals surface area contributed by atoms with Gasteiger partial charge in [-0.15, -0.1) is 0 Å². The summed E-state index contributed by atoms with van der Waals surface area (Å²) in [5.74, 6) is -0.344. The third kappa shape index (κ3) is 5.66. The highest BCUT2D eigenvalue weighted by molar-refractivity contribution is 5.94. The van der Waals surface area contributed by atoms with E-state index in [1.807, 2.05) is 25.1 Å². The van der Waals surface area contributed by atoms with E-state index in [4.69, 9.17) is 4.74 Å². The van der Waals surface area contributed by atoms with E-state index in [1.54, 1.807) is 12.1 Å². The van der Waals surface area contributed by atoms with Crippen molar-refractivity contribution in [3.8, 4) is 0 Å². The van der Waals surface area contributed by atoms with E-state index in [0.717, 1.165) is 38.5 Å². The van der Waals surface area contributed by atoms with Gasteiger partial charge in [0.1, 0.15) is 6.10 Å². The van der Waals surface area contributed by atoms with E-state index in [-0.39, 0.29) is 24.4 Å². The SMILES string of the molecule is CCC[C@@](C)(CC(=O)OC1CCCCC1)NC(=O)c1ccccc1. The van der Waals surface area contributed by atoms with Crippen LogP contribution in [0.25, 0.3) is 0 Å². The van der Waals surface area contributed by atoms with E-state index in [0.29, 0.717) is 5.56 Å². The number of carbonyl (C=O) groups excluding carboxylic acids is 2. The van der Waals surface area contributed by atoms with Crippen LogP contribution in [0.3, 0.4) is 0 Å². The summed E-state index contributed by atoms with van der Waals surface area (Å²) in [5.41, 5.74) is 0.0356. The van der Waals surface area contributed by atoms with E-state index in [2.05, 4.69) is 12.2 Å². The maximum absolute atomic E-state index is 12.4. The zero-order valence-electron chi connectivity index (χ0n) is 14.8. The first-order chi connectivity index (χ1) is 11.5. The summed E-state index contributed by atoms with van der Waals surface area (Å²) < 4.78 is 5.63.